The van der Waals surface area contributed by atoms with Gasteiger partial charge in [-0.05, 0) is 66.2 Å². The van der Waals surface area contributed by atoms with Crippen molar-refractivity contribution in [1.82, 2.24) is 20.6 Å². The molecule has 0 aliphatic heterocycles. The van der Waals surface area contributed by atoms with E-state index in [-0.39, 0.29) is 25.1 Å². The summed E-state index contributed by atoms with van der Waals surface area (Å²) in [5.41, 5.74) is 0.154. The number of nitrogens with one attached hydrogen (secondary N) is 2. The van der Waals surface area contributed by atoms with Gasteiger partial charge in [0.2, 0.25) is 11.8 Å². The van der Waals surface area contributed by atoms with E-state index in [1.165, 1.54) is 48.6 Å². The van der Waals surface area contributed by atoms with Gasteiger partial charge < -0.3 is 29.9 Å². The molecule has 0 aliphatic carbocycles. The first-order valence-electron chi connectivity index (χ1n) is 15.5. The third-order valence-corrected chi connectivity index (χ3v) is 7.45. The van der Waals surface area contributed by atoms with Crippen LogP contribution in [0.3, 0.4) is 0 Å². The molecule has 0 radical (unpaired) electrons. The SMILES string of the molecule is C=CCN(C(=O)CNC(=O)c1nccnc1C(=O)N[C@@H](Cc1cc(F)cc(F)c1)C(=O)N(CC=C)c1ccc(OC)cc1)c1ccc(OC)cc1. The third kappa shape index (κ3) is 9.81. The first-order chi connectivity index (χ1) is 24.6. The number of aromatic nitrogens is 2. The van der Waals surface area contributed by atoms with Crippen LogP contribution < -0.4 is 29.9 Å². The van der Waals surface area contributed by atoms with Crippen molar-refractivity contribution < 1.29 is 37.4 Å². The van der Waals surface area contributed by atoms with Crippen LogP contribution >= 0.6 is 0 Å². The minimum absolute atomic E-state index is 0.0151. The lowest BCUT2D eigenvalue weighted by atomic mass is 10.0. The number of hydrogen-bond acceptors (Lipinski definition) is 8. The van der Waals surface area contributed by atoms with Crippen molar-refractivity contribution in [2.24, 2.45) is 0 Å². The molecular weight excluding hydrogens is 662 g/mol. The zero-order chi connectivity index (χ0) is 36.9. The molecule has 4 amide bonds. The lowest BCUT2D eigenvalue weighted by Gasteiger charge is -2.27. The molecule has 51 heavy (non-hydrogen) atoms. The lowest BCUT2D eigenvalue weighted by Crippen LogP contribution is -2.50. The summed E-state index contributed by atoms with van der Waals surface area (Å²) in [6.07, 6.45) is 5.02. The maximum absolute atomic E-state index is 14.2. The maximum Gasteiger partial charge on any atom is 0.273 e. The molecule has 1 heterocycles. The van der Waals surface area contributed by atoms with Gasteiger partial charge in [0.05, 0.1) is 20.8 Å². The van der Waals surface area contributed by atoms with E-state index in [2.05, 4.69) is 33.8 Å². The van der Waals surface area contributed by atoms with Crippen molar-refractivity contribution >= 4 is 35.0 Å². The van der Waals surface area contributed by atoms with Gasteiger partial charge in [-0.15, -0.1) is 13.2 Å². The molecule has 3 aromatic carbocycles. The van der Waals surface area contributed by atoms with E-state index >= 15 is 0 Å². The van der Waals surface area contributed by atoms with Gasteiger partial charge in [0, 0.05) is 49.3 Å². The minimum Gasteiger partial charge on any atom is -0.497 e. The Morgan fingerprint density at radius 1 is 0.765 bits per heavy atom. The summed E-state index contributed by atoms with van der Waals surface area (Å²) < 4.78 is 38.7. The Hall–Kier alpha value is -6.44. The highest BCUT2D eigenvalue weighted by molar-refractivity contribution is 6.08. The predicted molar refractivity (Wildman–Crippen MR) is 187 cm³/mol. The Bertz CT molecular complexity index is 1870. The van der Waals surface area contributed by atoms with Gasteiger partial charge in [0.15, 0.2) is 11.4 Å². The Morgan fingerprint density at radius 3 is 1.76 bits per heavy atom. The average molecular weight is 699 g/mol. The number of ether oxygens (including phenoxy) is 2. The second-order valence-electron chi connectivity index (χ2n) is 10.9. The Morgan fingerprint density at radius 2 is 1.25 bits per heavy atom. The maximum atomic E-state index is 14.2. The number of carbonyl (C=O) groups excluding carboxylic acids is 4. The molecule has 0 spiro atoms. The number of halogens is 2. The fourth-order valence-electron chi connectivity index (χ4n) is 5.04. The van der Waals surface area contributed by atoms with Gasteiger partial charge in [-0.3, -0.25) is 19.2 Å². The van der Waals surface area contributed by atoms with E-state index in [0.717, 1.165) is 12.1 Å². The lowest BCUT2D eigenvalue weighted by molar-refractivity contribution is -0.120. The molecule has 12 nitrogen and oxygen atoms in total. The van der Waals surface area contributed by atoms with Gasteiger partial charge in [-0.25, -0.2) is 18.7 Å². The van der Waals surface area contributed by atoms with E-state index in [0.29, 0.717) is 28.9 Å². The van der Waals surface area contributed by atoms with Crippen LogP contribution in [0, 0.1) is 11.6 Å². The quantitative estimate of drug-likeness (QED) is 0.165. The molecule has 1 atom stereocenters. The summed E-state index contributed by atoms with van der Waals surface area (Å²) in [5.74, 6) is -3.63. The molecule has 14 heteroatoms. The van der Waals surface area contributed by atoms with Gasteiger partial charge in [-0.1, -0.05) is 12.2 Å². The van der Waals surface area contributed by atoms with Gasteiger partial charge in [0.1, 0.15) is 29.2 Å². The van der Waals surface area contributed by atoms with Crippen LogP contribution in [0.1, 0.15) is 26.5 Å². The standard InChI is InChI=1S/C37H36F2N6O6/c1-5-17-44(27-7-11-29(50-3)12-8-27)32(46)23-42-35(47)33-34(41-16-15-40-33)36(48)43-31(21-24-19-25(38)22-26(39)20-24)37(49)45(18-6-2)28-9-13-30(51-4)14-10-28/h5-16,19-20,22,31H,1-2,17-18,21,23H2,3-4H3,(H,42,47)(H,43,48)/t31-/m0/s1. The van der Waals surface area contributed by atoms with Gasteiger partial charge in [-0.2, -0.15) is 0 Å². The van der Waals surface area contributed by atoms with Crippen LogP contribution in [0.4, 0.5) is 20.2 Å². The predicted octanol–water partition coefficient (Wildman–Crippen LogP) is 4.28. The van der Waals surface area contributed by atoms with E-state index in [1.54, 1.807) is 48.5 Å². The van der Waals surface area contributed by atoms with E-state index in [4.69, 9.17) is 9.47 Å². The van der Waals surface area contributed by atoms with E-state index < -0.39 is 59.2 Å². The summed E-state index contributed by atoms with van der Waals surface area (Å²) in [7, 11) is 3.01. The minimum atomic E-state index is -1.41. The molecule has 4 aromatic rings. The number of benzene rings is 3. The van der Waals surface area contributed by atoms with Crippen LogP contribution in [0.25, 0.3) is 0 Å². The monoisotopic (exact) mass is 698 g/mol. The van der Waals surface area contributed by atoms with Crippen LogP contribution in [0.2, 0.25) is 0 Å². The number of amides is 4. The number of rotatable bonds is 16. The molecule has 0 fully saturated rings. The van der Waals surface area contributed by atoms with Crippen molar-refractivity contribution in [3.63, 3.8) is 0 Å². The number of nitrogens with zero attached hydrogens (tertiary/aromatic N) is 4. The third-order valence-electron chi connectivity index (χ3n) is 7.45. The number of anilines is 2. The van der Waals surface area contributed by atoms with Crippen molar-refractivity contribution in [3.8, 4) is 11.5 Å². The number of hydrogen-bond donors (Lipinski definition) is 2. The smallest absolute Gasteiger partial charge is 0.273 e. The highest BCUT2D eigenvalue weighted by Gasteiger charge is 2.30. The van der Waals surface area contributed by atoms with Crippen LogP contribution in [-0.4, -0.2) is 73.5 Å². The molecule has 0 aliphatic rings. The van der Waals surface area contributed by atoms with Crippen molar-refractivity contribution in [2.45, 2.75) is 12.5 Å². The molecule has 0 saturated carbocycles. The highest BCUT2D eigenvalue weighted by Crippen LogP contribution is 2.22. The molecular formula is C37H36F2N6O6. The molecule has 4 rings (SSSR count). The summed E-state index contributed by atoms with van der Waals surface area (Å²) >= 11 is 0. The van der Waals surface area contributed by atoms with Crippen molar-refractivity contribution in [2.75, 3.05) is 43.7 Å². The van der Waals surface area contributed by atoms with Gasteiger partial charge >= 0.3 is 0 Å². The first kappa shape index (κ1) is 37.4. The summed E-state index contributed by atoms with van der Waals surface area (Å²) in [6.45, 7) is 7.09. The van der Waals surface area contributed by atoms with Crippen molar-refractivity contribution in [1.29, 1.82) is 0 Å². The largest absolute Gasteiger partial charge is 0.497 e. The van der Waals surface area contributed by atoms with Crippen molar-refractivity contribution in [3.05, 3.63) is 133 Å². The van der Waals surface area contributed by atoms with E-state index in [1.807, 2.05) is 0 Å². The second kappa shape index (κ2) is 17.8. The molecule has 264 valence electrons. The Kier molecular flexibility index (Phi) is 13.1. The Balaban J connectivity index is 1.58. The summed E-state index contributed by atoms with van der Waals surface area (Å²) in [5, 5.41) is 5.03. The molecule has 0 saturated heterocycles. The fraction of sp³-hybridized carbons (Fsp3) is 0.189. The van der Waals surface area contributed by atoms with Crippen LogP contribution in [0.15, 0.2) is 104 Å². The van der Waals surface area contributed by atoms with Crippen LogP contribution in [-0.2, 0) is 16.0 Å². The summed E-state index contributed by atoms with van der Waals surface area (Å²) in [6, 6.07) is 14.6. The van der Waals surface area contributed by atoms with E-state index in [9.17, 15) is 28.0 Å². The highest BCUT2D eigenvalue weighted by atomic mass is 19.1. The Labute approximate surface area is 293 Å². The molecule has 2 N–H and O–H groups in total. The number of methoxy groups -OCH3 is 2. The molecule has 0 unspecified atom stereocenters. The zero-order valence-corrected chi connectivity index (χ0v) is 28.0. The average Bonchev–Trinajstić information content (AvgIpc) is 3.14. The number of carbonyl (C=O) groups is 4. The normalized spacial score (nSPS) is 11.1. The van der Waals surface area contributed by atoms with Crippen LogP contribution in [0.5, 0.6) is 11.5 Å². The zero-order valence-electron chi connectivity index (χ0n) is 28.0. The fourth-order valence-corrected chi connectivity index (χ4v) is 5.04. The first-order valence-corrected chi connectivity index (χ1v) is 15.5. The molecule has 1 aromatic heterocycles. The molecule has 0 bridgehead atoms. The summed E-state index contributed by atoms with van der Waals surface area (Å²) in [4.78, 5) is 65.0. The topological polar surface area (TPSA) is 143 Å². The second-order valence-corrected chi connectivity index (χ2v) is 10.9. The van der Waals surface area contributed by atoms with Gasteiger partial charge in [0.25, 0.3) is 11.8 Å².